The highest BCUT2D eigenvalue weighted by Gasteiger charge is 2.31. The van der Waals surface area contributed by atoms with Crippen molar-refractivity contribution in [2.75, 3.05) is 119 Å². The van der Waals surface area contributed by atoms with Crippen LogP contribution in [0.25, 0.3) is 43.8 Å². The zero-order valence-corrected chi connectivity index (χ0v) is 51.3. The van der Waals surface area contributed by atoms with Gasteiger partial charge in [0.15, 0.2) is 5.75 Å². The number of fused-ring (bicyclic) bond motifs is 2. The van der Waals surface area contributed by atoms with Crippen LogP contribution in [-0.2, 0) is 42.9 Å². The summed E-state index contributed by atoms with van der Waals surface area (Å²) < 4.78 is 22.8. The molecule has 0 aliphatic carbocycles. The van der Waals surface area contributed by atoms with Crippen LogP contribution in [-0.4, -0.2) is 141 Å². The third kappa shape index (κ3) is 14.1. The number of ether oxygens (including phenoxy) is 4. The summed E-state index contributed by atoms with van der Waals surface area (Å²) in [5.74, 6) is -0.709. The quantitative estimate of drug-likeness (QED) is 0.0760. The number of benzene rings is 6. The van der Waals surface area contributed by atoms with Crippen LogP contribution in [0.4, 0.5) is 38.0 Å². The summed E-state index contributed by atoms with van der Waals surface area (Å²) in [6.45, 7) is 21.0. The average molecular weight is 1190 g/mol. The first-order valence-electron chi connectivity index (χ1n) is 30.2. The van der Waals surface area contributed by atoms with Gasteiger partial charge < -0.3 is 45.1 Å². The first-order valence-corrected chi connectivity index (χ1v) is 30.2. The molecule has 0 saturated carbocycles. The van der Waals surface area contributed by atoms with Gasteiger partial charge in [0.05, 0.1) is 92.1 Å². The fourth-order valence-corrected chi connectivity index (χ4v) is 11.5. The number of nitrogens with one attached hydrogen (secondary N) is 4. The molecule has 0 spiro atoms. The van der Waals surface area contributed by atoms with Crippen molar-refractivity contribution in [2.45, 2.75) is 65.5 Å². The van der Waals surface area contributed by atoms with Crippen LogP contribution in [0.1, 0.15) is 74.4 Å². The van der Waals surface area contributed by atoms with Gasteiger partial charge in [0.2, 0.25) is 5.91 Å². The highest BCUT2D eigenvalue weighted by Crippen LogP contribution is 2.41. The Morgan fingerprint density at radius 1 is 0.523 bits per heavy atom. The third-order valence-corrected chi connectivity index (χ3v) is 16.5. The Morgan fingerprint density at radius 2 is 1.00 bits per heavy atom. The Hall–Kier alpha value is -8.78. The Bertz CT molecular complexity index is 3840. The van der Waals surface area contributed by atoms with Gasteiger partial charge in [-0.1, -0.05) is 120 Å². The van der Waals surface area contributed by atoms with Crippen molar-refractivity contribution >= 4 is 73.9 Å². The van der Waals surface area contributed by atoms with E-state index in [1.54, 1.807) is 11.0 Å². The number of carbonyl (C=O) groups excluding carboxylic acids is 4. The maximum atomic E-state index is 15.5. The van der Waals surface area contributed by atoms with E-state index in [-0.39, 0.29) is 28.6 Å². The standard InChI is InChI=1S/C70H78N10O8/c1-69(2,3)48-18-21-58(66(82)79-30-36-88-37-31-79)63(40-48)80(68(84)76-60-25-23-53(55-13-9-11-15-57(55)60)47-17-20-51(72-42-47)44-78-28-34-87-35-29-78)45-64(81)73-61-38-49(70(4,5)6)39-62(65(61)85-7)75-67(83)74-59-24-22-52(54-12-8-10-14-56(54)59)46-16-19-50(71-41-46)43-77-26-32-86-33-27-77/h8-25,38-42H,26-37,43-45H2,1-7H3,(H,73,81)(H,76,84)(H2,74,75,83). The highest BCUT2D eigenvalue weighted by molar-refractivity contribution is 6.15. The number of urea groups is 2. The lowest BCUT2D eigenvalue weighted by atomic mass is 9.86. The molecule has 5 heterocycles. The van der Waals surface area contributed by atoms with Gasteiger partial charge in [-0.3, -0.25) is 34.3 Å². The molecule has 0 bridgehead atoms. The van der Waals surface area contributed by atoms with E-state index in [4.69, 9.17) is 28.9 Å². The Morgan fingerprint density at radius 3 is 1.49 bits per heavy atom. The maximum Gasteiger partial charge on any atom is 0.326 e. The molecule has 18 nitrogen and oxygen atoms in total. The van der Waals surface area contributed by atoms with E-state index in [9.17, 15) is 9.59 Å². The number of nitrogens with zero attached hydrogens (tertiary/aromatic N) is 6. The Kier molecular flexibility index (Phi) is 18.5. The predicted octanol–water partition coefficient (Wildman–Crippen LogP) is 12.2. The summed E-state index contributed by atoms with van der Waals surface area (Å²) in [6.07, 6.45) is 3.79. The molecule has 2 aromatic heterocycles. The van der Waals surface area contributed by atoms with E-state index in [0.717, 1.165) is 119 Å². The van der Waals surface area contributed by atoms with Gasteiger partial charge in [0.1, 0.15) is 6.54 Å². The number of hydrogen-bond acceptors (Lipinski definition) is 12. The minimum absolute atomic E-state index is 0.184. The Labute approximate surface area is 514 Å². The van der Waals surface area contributed by atoms with Crippen LogP contribution in [0.15, 0.2) is 140 Å². The molecule has 4 N–H and O–H groups in total. The predicted molar refractivity (Wildman–Crippen MR) is 348 cm³/mol. The molecule has 3 fully saturated rings. The molecule has 3 saturated heterocycles. The second kappa shape index (κ2) is 26.7. The molecule has 0 radical (unpaired) electrons. The second-order valence-corrected chi connectivity index (χ2v) is 24.7. The van der Waals surface area contributed by atoms with Crippen LogP contribution < -0.4 is 30.9 Å². The summed E-state index contributed by atoms with van der Waals surface area (Å²) in [5, 5.41) is 15.8. The van der Waals surface area contributed by atoms with Crippen molar-refractivity contribution in [3.05, 3.63) is 168 Å². The number of carbonyl (C=O) groups is 4. The smallest absolute Gasteiger partial charge is 0.326 e. The van der Waals surface area contributed by atoms with Gasteiger partial charge in [-0.2, -0.15) is 0 Å². The minimum atomic E-state index is -0.645. The molecule has 88 heavy (non-hydrogen) atoms. The van der Waals surface area contributed by atoms with E-state index in [0.29, 0.717) is 56.6 Å². The van der Waals surface area contributed by atoms with Crippen molar-refractivity contribution in [3.8, 4) is 28.0 Å². The fourth-order valence-electron chi connectivity index (χ4n) is 11.5. The van der Waals surface area contributed by atoms with E-state index in [2.05, 4.69) is 76.1 Å². The third-order valence-electron chi connectivity index (χ3n) is 16.5. The molecule has 456 valence electrons. The number of hydrogen-bond donors (Lipinski definition) is 4. The van der Waals surface area contributed by atoms with Crippen molar-refractivity contribution in [2.24, 2.45) is 0 Å². The summed E-state index contributed by atoms with van der Waals surface area (Å²) in [4.78, 5) is 77.0. The monoisotopic (exact) mass is 1190 g/mol. The van der Waals surface area contributed by atoms with Crippen LogP contribution in [0.3, 0.4) is 0 Å². The Balaban J connectivity index is 0.889. The van der Waals surface area contributed by atoms with Gasteiger partial charge >= 0.3 is 12.1 Å². The van der Waals surface area contributed by atoms with Crippen LogP contribution in [0.5, 0.6) is 5.75 Å². The van der Waals surface area contributed by atoms with Crippen LogP contribution in [0.2, 0.25) is 0 Å². The molecular weight excluding hydrogens is 1110 g/mol. The number of amides is 6. The lowest BCUT2D eigenvalue weighted by Crippen LogP contribution is -2.44. The molecular formula is C70H78N10O8. The fraction of sp³-hybridized carbons (Fsp3) is 0.343. The lowest BCUT2D eigenvalue weighted by Gasteiger charge is -2.31. The zero-order valence-electron chi connectivity index (χ0n) is 51.3. The maximum absolute atomic E-state index is 15.5. The first kappa shape index (κ1) is 60.9. The van der Waals surface area contributed by atoms with Crippen molar-refractivity contribution in [1.82, 2.24) is 24.7 Å². The number of rotatable bonds is 15. The number of methoxy groups -OCH3 is 1. The highest BCUT2D eigenvalue weighted by atomic mass is 16.5. The van der Waals surface area contributed by atoms with Crippen LogP contribution >= 0.6 is 0 Å². The van der Waals surface area contributed by atoms with Crippen LogP contribution in [0, 0.1) is 0 Å². The molecule has 8 aromatic rings. The van der Waals surface area contributed by atoms with Gasteiger partial charge in [-0.25, -0.2) is 9.59 Å². The summed E-state index contributed by atoms with van der Waals surface area (Å²) >= 11 is 0. The average Bonchev–Trinajstić information content (AvgIpc) is 2.97. The summed E-state index contributed by atoms with van der Waals surface area (Å²) in [6, 6.07) is 39.7. The first-order chi connectivity index (χ1) is 42.5. The number of morpholine rings is 3. The number of anilines is 5. The number of aromatic nitrogens is 2. The molecule has 3 aliphatic heterocycles. The van der Waals surface area contributed by atoms with Crippen molar-refractivity contribution in [3.63, 3.8) is 0 Å². The summed E-state index contributed by atoms with van der Waals surface area (Å²) in [7, 11) is 1.47. The lowest BCUT2D eigenvalue weighted by molar-refractivity contribution is -0.114. The van der Waals surface area contributed by atoms with Gasteiger partial charge in [-0.15, -0.1) is 0 Å². The molecule has 18 heteroatoms. The number of pyridine rings is 2. The van der Waals surface area contributed by atoms with E-state index < -0.39 is 35.3 Å². The molecule has 3 aliphatic rings. The van der Waals surface area contributed by atoms with Crippen molar-refractivity contribution in [1.29, 1.82) is 0 Å². The van der Waals surface area contributed by atoms with E-state index >= 15 is 9.59 Å². The van der Waals surface area contributed by atoms with E-state index in [1.807, 2.05) is 130 Å². The van der Waals surface area contributed by atoms with Gasteiger partial charge in [0.25, 0.3) is 5.91 Å². The van der Waals surface area contributed by atoms with Gasteiger partial charge in [0, 0.05) is 86.7 Å². The molecule has 6 aromatic carbocycles. The molecule has 0 unspecified atom stereocenters. The van der Waals surface area contributed by atoms with Gasteiger partial charge in [-0.05, 0) is 92.4 Å². The molecule has 0 atom stereocenters. The summed E-state index contributed by atoms with van der Waals surface area (Å²) in [5.41, 5.74) is 8.61. The van der Waals surface area contributed by atoms with Crippen molar-refractivity contribution < 1.29 is 38.1 Å². The minimum Gasteiger partial charge on any atom is -0.492 e. The topological polar surface area (TPSA) is 192 Å². The van der Waals surface area contributed by atoms with E-state index in [1.165, 1.54) is 12.0 Å². The molecule has 6 amide bonds. The molecule has 11 rings (SSSR count). The largest absolute Gasteiger partial charge is 0.492 e. The second-order valence-electron chi connectivity index (χ2n) is 24.7. The SMILES string of the molecule is COc1c(NC(=O)CN(C(=O)Nc2ccc(-c3ccc(CN4CCOCC4)nc3)c3ccccc23)c2cc(C(C)(C)C)ccc2C(=O)N2CCOCC2)cc(C(C)(C)C)cc1NC(=O)Nc1ccc(-c2ccc(CN3CCOCC3)nc2)c2ccccc12. The normalized spacial score (nSPS) is 15.2. The zero-order chi connectivity index (χ0) is 61.5.